The van der Waals surface area contributed by atoms with E-state index in [1.165, 1.54) is 41.1 Å². The van der Waals surface area contributed by atoms with Gasteiger partial charge in [-0.2, -0.15) is 9.49 Å². The van der Waals surface area contributed by atoms with Crippen molar-refractivity contribution in [2.45, 2.75) is 18.9 Å². The first-order valence-electron chi connectivity index (χ1n) is 10.7. The van der Waals surface area contributed by atoms with Gasteiger partial charge in [-0.25, -0.2) is 22.5 Å². The lowest BCUT2D eigenvalue weighted by atomic mass is 10.0. The summed E-state index contributed by atoms with van der Waals surface area (Å²) in [6, 6.07) is 13.2. The number of aromatic nitrogens is 3. The second kappa shape index (κ2) is 8.39. The fourth-order valence-corrected chi connectivity index (χ4v) is 6.51. The van der Waals surface area contributed by atoms with Gasteiger partial charge in [0.25, 0.3) is 5.91 Å². The summed E-state index contributed by atoms with van der Waals surface area (Å²) in [5.41, 5.74) is 0.750. The van der Waals surface area contributed by atoms with Crippen molar-refractivity contribution in [3.05, 3.63) is 77.1 Å². The zero-order valence-electron chi connectivity index (χ0n) is 18.4. The molecule has 1 amide bonds. The molecule has 3 heterocycles. The largest absolute Gasteiger partial charge is 0.346 e. The molecule has 0 saturated carbocycles. The summed E-state index contributed by atoms with van der Waals surface area (Å²) in [6.07, 6.45) is 0.323. The molecule has 0 bridgehead atoms. The minimum atomic E-state index is -3.21. The molecule has 35 heavy (non-hydrogen) atoms. The number of fused-ring (bicyclic) bond motifs is 1. The number of hydrogen-bond donors (Lipinski definition) is 1. The molecule has 1 saturated heterocycles. The van der Waals surface area contributed by atoms with Crippen LogP contribution in [0, 0.1) is 11.8 Å². The number of sulfone groups is 1. The zero-order valence-corrected chi connectivity index (χ0v) is 20.0. The standard InChI is InChI=1S/C24H19ClF2N4O3S/c1-24(10-11-35(33,34)13-24)29-23(32)14-2-7-17-19(12-14)31(16-5-3-15(26)4-6-16)30-21(17)18-8-9-20(25)28-22(18)27/h2-9,12H,10-11,13H2,1H3,(H,29,32). The predicted molar refractivity (Wildman–Crippen MR) is 128 cm³/mol. The van der Waals surface area contributed by atoms with E-state index in [4.69, 9.17) is 11.6 Å². The number of benzene rings is 2. The van der Waals surface area contributed by atoms with Gasteiger partial charge in [-0.05, 0) is 67.9 Å². The Hall–Kier alpha value is -3.37. The number of halogens is 3. The molecule has 0 aliphatic carbocycles. The number of amides is 1. The monoisotopic (exact) mass is 516 g/mol. The molecule has 2 aromatic carbocycles. The Morgan fingerprint density at radius 2 is 1.86 bits per heavy atom. The van der Waals surface area contributed by atoms with E-state index in [-0.39, 0.29) is 33.5 Å². The molecule has 0 radical (unpaired) electrons. The summed E-state index contributed by atoms with van der Waals surface area (Å²) in [5.74, 6) is -1.80. The van der Waals surface area contributed by atoms with Crippen LogP contribution in [0.5, 0.6) is 0 Å². The molecule has 1 fully saturated rings. The maximum Gasteiger partial charge on any atom is 0.251 e. The van der Waals surface area contributed by atoms with E-state index in [0.717, 1.165) is 0 Å². The third-order valence-electron chi connectivity index (χ3n) is 6.00. The number of carbonyl (C=O) groups is 1. The lowest BCUT2D eigenvalue weighted by molar-refractivity contribution is 0.0915. The number of carbonyl (C=O) groups excluding carboxylic acids is 1. The molecule has 5 rings (SSSR count). The number of rotatable bonds is 4. The maximum atomic E-state index is 14.7. The van der Waals surface area contributed by atoms with Gasteiger partial charge in [0.2, 0.25) is 5.95 Å². The summed E-state index contributed by atoms with van der Waals surface area (Å²) in [5, 5.41) is 7.90. The zero-order chi connectivity index (χ0) is 25.0. The van der Waals surface area contributed by atoms with Gasteiger partial charge in [-0.15, -0.1) is 0 Å². The van der Waals surface area contributed by atoms with Crippen LogP contribution in [0.15, 0.2) is 54.6 Å². The van der Waals surface area contributed by atoms with Crippen LogP contribution in [0.3, 0.4) is 0 Å². The lowest BCUT2D eigenvalue weighted by Gasteiger charge is -2.23. The van der Waals surface area contributed by atoms with Crippen LogP contribution in [0.25, 0.3) is 27.8 Å². The van der Waals surface area contributed by atoms with Gasteiger partial charge in [0.05, 0.1) is 33.8 Å². The van der Waals surface area contributed by atoms with Crippen molar-refractivity contribution >= 4 is 38.2 Å². The normalized spacial score (nSPS) is 19.2. The number of nitrogens with zero attached hydrogens (tertiary/aromatic N) is 3. The maximum absolute atomic E-state index is 14.7. The highest BCUT2D eigenvalue weighted by Gasteiger charge is 2.39. The van der Waals surface area contributed by atoms with Crippen LogP contribution >= 0.6 is 11.6 Å². The number of pyridine rings is 1. The van der Waals surface area contributed by atoms with Gasteiger partial charge in [0.15, 0.2) is 9.84 Å². The van der Waals surface area contributed by atoms with E-state index in [1.54, 1.807) is 25.1 Å². The molecule has 1 aliphatic heterocycles. The van der Waals surface area contributed by atoms with E-state index in [1.807, 2.05) is 0 Å². The van der Waals surface area contributed by atoms with E-state index in [9.17, 15) is 22.0 Å². The van der Waals surface area contributed by atoms with Crippen LogP contribution in [0.1, 0.15) is 23.7 Å². The van der Waals surface area contributed by atoms with Crippen LogP contribution in [-0.4, -0.2) is 46.1 Å². The van der Waals surface area contributed by atoms with Gasteiger partial charge >= 0.3 is 0 Å². The summed E-state index contributed by atoms with van der Waals surface area (Å²) in [6.45, 7) is 1.70. The van der Waals surface area contributed by atoms with Crippen molar-refractivity contribution in [3.63, 3.8) is 0 Å². The lowest BCUT2D eigenvalue weighted by Crippen LogP contribution is -2.46. The minimum absolute atomic E-state index is 0.00472. The van der Waals surface area contributed by atoms with E-state index >= 15 is 0 Å². The van der Waals surface area contributed by atoms with Crippen LogP contribution in [-0.2, 0) is 9.84 Å². The van der Waals surface area contributed by atoms with Crippen LogP contribution < -0.4 is 5.32 Å². The average molecular weight is 517 g/mol. The first kappa shape index (κ1) is 23.4. The predicted octanol–water partition coefficient (Wildman–Crippen LogP) is 4.33. The van der Waals surface area contributed by atoms with Gasteiger partial charge in [0, 0.05) is 10.9 Å². The van der Waals surface area contributed by atoms with Crippen molar-refractivity contribution in [1.29, 1.82) is 0 Å². The number of nitrogens with one attached hydrogen (secondary N) is 1. The molecule has 1 unspecified atom stereocenters. The molecule has 0 spiro atoms. The molecule has 1 N–H and O–H groups in total. The summed E-state index contributed by atoms with van der Waals surface area (Å²) in [7, 11) is -3.21. The summed E-state index contributed by atoms with van der Waals surface area (Å²) in [4.78, 5) is 16.7. The first-order chi connectivity index (χ1) is 16.5. The highest BCUT2D eigenvalue weighted by molar-refractivity contribution is 7.91. The van der Waals surface area contributed by atoms with Crippen LogP contribution in [0.4, 0.5) is 8.78 Å². The third kappa shape index (κ3) is 4.51. The molecule has 1 atom stereocenters. The number of hydrogen-bond acceptors (Lipinski definition) is 5. The van der Waals surface area contributed by atoms with Crippen molar-refractivity contribution in [2.24, 2.45) is 0 Å². The second-order valence-electron chi connectivity index (χ2n) is 8.80. The molecule has 7 nitrogen and oxygen atoms in total. The molecule has 180 valence electrons. The van der Waals surface area contributed by atoms with E-state index < -0.39 is 33.0 Å². The summed E-state index contributed by atoms with van der Waals surface area (Å²) >= 11 is 5.80. The Kier molecular flexibility index (Phi) is 5.60. The van der Waals surface area contributed by atoms with E-state index in [0.29, 0.717) is 23.0 Å². The Morgan fingerprint density at radius 3 is 2.51 bits per heavy atom. The third-order valence-corrected chi connectivity index (χ3v) is 8.12. The fraction of sp³-hybridized carbons (Fsp3) is 0.208. The SMILES string of the molecule is CC1(NC(=O)c2ccc3c(-c4ccc(Cl)nc4F)nn(-c4ccc(F)cc4)c3c2)CCS(=O)(=O)C1. The molecule has 2 aromatic heterocycles. The van der Waals surface area contributed by atoms with Crippen molar-refractivity contribution in [3.8, 4) is 16.9 Å². The fourth-order valence-electron chi connectivity index (χ4n) is 4.28. The topological polar surface area (TPSA) is 93.9 Å². The van der Waals surface area contributed by atoms with Gasteiger partial charge in [-0.1, -0.05) is 11.6 Å². The highest BCUT2D eigenvalue weighted by atomic mass is 35.5. The van der Waals surface area contributed by atoms with Crippen molar-refractivity contribution in [1.82, 2.24) is 20.1 Å². The first-order valence-corrected chi connectivity index (χ1v) is 12.9. The average Bonchev–Trinajstić information content (AvgIpc) is 3.30. The molecule has 1 aliphatic rings. The molecular formula is C24H19ClF2N4O3S. The Bertz CT molecular complexity index is 1590. The smallest absolute Gasteiger partial charge is 0.251 e. The summed E-state index contributed by atoms with van der Waals surface area (Å²) < 4.78 is 53.5. The van der Waals surface area contributed by atoms with Gasteiger partial charge in [0.1, 0.15) is 16.7 Å². The highest BCUT2D eigenvalue weighted by Crippen LogP contribution is 2.32. The molecule has 4 aromatic rings. The van der Waals surface area contributed by atoms with Crippen molar-refractivity contribution < 1.29 is 22.0 Å². The molecule has 11 heteroatoms. The van der Waals surface area contributed by atoms with Crippen molar-refractivity contribution in [2.75, 3.05) is 11.5 Å². The Morgan fingerprint density at radius 1 is 1.11 bits per heavy atom. The van der Waals surface area contributed by atoms with Gasteiger partial charge in [-0.3, -0.25) is 4.79 Å². The van der Waals surface area contributed by atoms with Gasteiger partial charge < -0.3 is 5.32 Å². The molecular weight excluding hydrogens is 498 g/mol. The Labute approximate surface area is 204 Å². The van der Waals surface area contributed by atoms with E-state index in [2.05, 4.69) is 15.4 Å². The Balaban J connectivity index is 1.62. The van der Waals surface area contributed by atoms with Crippen LogP contribution in [0.2, 0.25) is 5.15 Å². The second-order valence-corrected chi connectivity index (χ2v) is 11.4. The minimum Gasteiger partial charge on any atom is -0.346 e. The quantitative estimate of drug-likeness (QED) is 0.408.